The Balaban J connectivity index is 3.47. The van der Waals surface area contributed by atoms with Gasteiger partial charge in [-0.25, -0.2) is 13.2 Å². The van der Waals surface area contributed by atoms with Gasteiger partial charge in [0.1, 0.15) is 0 Å². The highest BCUT2D eigenvalue weighted by Crippen LogP contribution is 2.30. The number of benzene rings is 1. The zero-order chi connectivity index (χ0) is 16.4. The quantitative estimate of drug-likeness (QED) is 0.825. The van der Waals surface area contributed by atoms with Gasteiger partial charge in [0.2, 0.25) is 10.0 Å². The number of nitrogens with zero attached hydrogens (tertiary/aromatic N) is 1. The van der Waals surface area contributed by atoms with E-state index in [9.17, 15) is 13.2 Å². The number of rotatable bonds is 6. The molecule has 0 aromatic heterocycles. The largest absolute Gasteiger partial charge is 0.478 e. The van der Waals surface area contributed by atoms with E-state index in [-0.39, 0.29) is 16.5 Å². The molecule has 0 unspecified atom stereocenters. The third kappa shape index (κ3) is 3.64. The van der Waals surface area contributed by atoms with Gasteiger partial charge in [-0.15, -0.1) is 0 Å². The lowest BCUT2D eigenvalue weighted by Crippen LogP contribution is -2.36. The smallest absolute Gasteiger partial charge is 0.335 e. The first-order valence-corrected chi connectivity index (χ1v) is 8.91. The van der Waals surface area contributed by atoms with Crippen LogP contribution in [0, 0.1) is 6.92 Å². The Morgan fingerprint density at radius 3 is 2.29 bits per heavy atom. The number of halogens is 1. The standard InChI is InChI=1S/C14H20BrNO4S/c1-5-11(6-2)16(4)21(19,20)12-8-10(14(17)18)7-9(3)13(12)15/h7-8,11H,5-6H2,1-4H3,(H,17,18). The molecule has 0 atom stereocenters. The molecule has 0 saturated heterocycles. The lowest BCUT2D eigenvalue weighted by Gasteiger charge is -2.26. The minimum Gasteiger partial charge on any atom is -0.478 e. The molecule has 0 fully saturated rings. The average molecular weight is 378 g/mol. The Labute approximate surface area is 134 Å². The minimum absolute atomic E-state index is 0.00528. The second kappa shape index (κ2) is 6.89. The van der Waals surface area contributed by atoms with Crippen molar-refractivity contribution in [3.63, 3.8) is 0 Å². The van der Waals surface area contributed by atoms with Crippen molar-refractivity contribution >= 4 is 31.9 Å². The van der Waals surface area contributed by atoms with Crippen molar-refractivity contribution in [2.75, 3.05) is 7.05 Å². The van der Waals surface area contributed by atoms with Gasteiger partial charge in [0.05, 0.1) is 10.5 Å². The van der Waals surface area contributed by atoms with Crippen LogP contribution in [0.1, 0.15) is 42.6 Å². The van der Waals surface area contributed by atoms with E-state index in [1.807, 2.05) is 13.8 Å². The topological polar surface area (TPSA) is 74.7 Å². The number of hydrogen-bond acceptors (Lipinski definition) is 3. The van der Waals surface area contributed by atoms with Gasteiger partial charge in [0, 0.05) is 17.6 Å². The summed E-state index contributed by atoms with van der Waals surface area (Å²) in [7, 11) is -2.22. The second-order valence-corrected chi connectivity index (χ2v) is 7.66. The maximum absolute atomic E-state index is 12.7. The first-order chi connectivity index (χ1) is 9.66. The summed E-state index contributed by atoms with van der Waals surface area (Å²) in [6.45, 7) is 5.52. The molecule has 0 saturated carbocycles. The summed E-state index contributed by atoms with van der Waals surface area (Å²) in [5.41, 5.74) is 0.540. The molecule has 0 radical (unpaired) electrons. The summed E-state index contributed by atoms with van der Waals surface area (Å²) in [6, 6.07) is 2.53. The Morgan fingerprint density at radius 1 is 1.33 bits per heavy atom. The molecule has 0 bridgehead atoms. The summed E-state index contributed by atoms with van der Waals surface area (Å²) in [5, 5.41) is 9.11. The van der Waals surface area contributed by atoms with E-state index in [1.165, 1.54) is 23.5 Å². The predicted molar refractivity (Wildman–Crippen MR) is 85.2 cm³/mol. The molecular formula is C14H20BrNO4S. The monoisotopic (exact) mass is 377 g/mol. The predicted octanol–water partition coefficient (Wildman–Crippen LogP) is 3.26. The van der Waals surface area contributed by atoms with Crippen LogP contribution in [0.3, 0.4) is 0 Å². The fourth-order valence-electron chi connectivity index (χ4n) is 2.20. The molecule has 0 spiro atoms. The summed E-state index contributed by atoms with van der Waals surface area (Å²) >= 11 is 3.26. The van der Waals surface area contributed by atoms with E-state index in [2.05, 4.69) is 15.9 Å². The van der Waals surface area contributed by atoms with E-state index >= 15 is 0 Å². The number of aromatic carboxylic acids is 1. The van der Waals surface area contributed by atoms with Gasteiger partial charge in [-0.3, -0.25) is 0 Å². The molecule has 0 aliphatic rings. The van der Waals surface area contributed by atoms with Crippen LogP contribution >= 0.6 is 15.9 Å². The molecule has 5 nitrogen and oxygen atoms in total. The summed E-state index contributed by atoms with van der Waals surface area (Å²) < 4.78 is 27.2. The molecule has 1 aromatic carbocycles. The minimum atomic E-state index is -3.75. The van der Waals surface area contributed by atoms with Crippen LogP contribution in [-0.2, 0) is 10.0 Å². The fourth-order valence-corrected chi connectivity index (χ4v) is 4.71. The number of aryl methyl sites for hydroxylation is 1. The van der Waals surface area contributed by atoms with Crippen molar-refractivity contribution in [2.45, 2.75) is 44.6 Å². The second-order valence-electron chi connectivity index (χ2n) is 4.90. The van der Waals surface area contributed by atoms with Gasteiger partial charge >= 0.3 is 5.97 Å². The molecular weight excluding hydrogens is 358 g/mol. The van der Waals surface area contributed by atoms with Gasteiger partial charge in [0.25, 0.3) is 0 Å². The fraction of sp³-hybridized carbons (Fsp3) is 0.500. The third-order valence-electron chi connectivity index (χ3n) is 3.58. The van der Waals surface area contributed by atoms with E-state index < -0.39 is 16.0 Å². The van der Waals surface area contributed by atoms with E-state index in [1.54, 1.807) is 6.92 Å². The van der Waals surface area contributed by atoms with Crippen molar-refractivity contribution in [1.82, 2.24) is 4.31 Å². The zero-order valence-corrected chi connectivity index (χ0v) is 15.0. The van der Waals surface area contributed by atoms with Crippen LogP contribution in [0.25, 0.3) is 0 Å². The first kappa shape index (κ1) is 18.1. The van der Waals surface area contributed by atoms with E-state index in [0.29, 0.717) is 22.9 Å². The van der Waals surface area contributed by atoms with Crippen LogP contribution in [0.5, 0.6) is 0 Å². The summed E-state index contributed by atoms with van der Waals surface area (Å²) in [4.78, 5) is 11.1. The van der Waals surface area contributed by atoms with Crippen LogP contribution < -0.4 is 0 Å². The van der Waals surface area contributed by atoms with Crippen LogP contribution in [0.2, 0.25) is 0 Å². The molecule has 1 rings (SSSR count). The van der Waals surface area contributed by atoms with Gasteiger partial charge in [-0.2, -0.15) is 4.31 Å². The van der Waals surface area contributed by atoms with Crippen molar-refractivity contribution in [3.05, 3.63) is 27.7 Å². The molecule has 118 valence electrons. The van der Waals surface area contributed by atoms with Crippen molar-refractivity contribution in [1.29, 1.82) is 0 Å². The van der Waals surface area contributed by atoms with Crippen molar-refractivity contribution in [3.8, 4) is 0 Å². The SMILES string of the molecule is CCC(CC)N(C)S(=O)(=O)c1cc(C(=O)O)cc(C)c1Br. The number of carboxylic acids is 1. The van der Waals surface area contributed by atoms with Gasteiger partial charge in [0.15, 0.2) is 0 Å². The van der Waals surface area contributed by atoms with Crippen LogP contribution in [0.15, 0.2) is 21.5 Å². The molecule has 0 amide bonds. The number of hydrogen-bond donors (Lipinski definition) is 1. The van der Waals surface area contributed by atoms with Gasteiger partial charge in [-0.1, -0.05) is 13.8 Å². The molecule has 7 heteroatoms. The molecule has 1 N–H and O–H groups in total. The highest BCUT2D eigenvalue weighted by atomic mass is 79.9. The molecule has 21 heavy (non-hydrogen) atoms. The highest BCUT2D eigenvalue weighted by Gasteiger charge is 2.29. The first-order valence-electron chi connectivity index (χ1n) is 6.68. The Hall–Kier alpha value is -0.920. The normalized spacial score (nSPS) is 12.1. The van der Waals surface area contributed by atoms with Crippen LogP contribution in [-0.4, -0.2) is 36.9 Å². The van der Waals surface area contributed by atoms with Crippen molar-refractivity contribution < 1.29 is 18.3 Å². The van der Waals surface area contributed by atoms with E-state index in [4.69, 9.17) is 5.11 Å². The average Bonchev–Trinajstić information content (AvgIpc) is 2.42. The molecule has 0 heterocycles. The van der Waals surface area contributed by atoms with E-state index in [0.717, 1.165) is 0 Å². The summed E-state index contributed by atoms with van der Waals surface area (Å²) in [6.07, 6.45) is 1.39. The Morgan fingerprint density at radius 2 is 1.86 bits per heavy atom. The molecule has 0 aliphatic heterocycles. The highest BCUT2D eigenvalue weighted by molar-refractivity contribution is 9.10. The number of sulfonamides is 1. The van der Waals surface area contributed by atoms with Gasteiger partial charge < -0.3 is 5.11 Å². The molecule has 1 aromatic rings. The number of carbonyl (C=O) groups is 1. The maximum Gasteiger partial charge on any atom is 0.335 e. The Bertz CT molecular complexity index is 639. The third-order valence-corrected chi connectivity index (χ3v) is 6.83. The van der Waals surface area contributed by atoms with Gasteiger partial charge in [-0.05, 0) is 53.4 Å². The summed E-state index contributed by atoms with van der Waals surface area (Å²) in [5.74, 6) is -1.15. The van der Waals surface area contributed by atoms with Crippen molar-refractivity contribution in [2.24, 2.45) is 0 Å². The number of carboxylic acid groups (broad SMARTS) is 1. The molecule has 0 aliphatic carbocycles. The lowest BCUT2D eigenvalue weighted by molar-refractivity contribution is 0.0696. The Kier molecular flexibility index (Phi) is 5.95. The lowest BCUT2D eigenvalue weighted by atomic mass is 10.1. The van der Waals surface area contributed by atoms with Crippen LogP contribution in [0.4, 0.5) is 0 Å². The maximum atomic E-state index is 12.7. The zero-order valence-electron chi connectivity index (χ0n) is 12.6.